The van der Waals surface area contributed by atoms with Crippen LogP contribution in [0.2, 0.25) is 10.0 Å². The first-order valence-corrected chi connectivity index (χ1v) is 16.3. The van der Waals surface area contributed by atoms with Crippen molar-refractivity contribution in [1.29, 1.82) is 0 Å². The van der Waals surface area contributed by atoms with Crippen LogP contribution in [0.4, 0.5) is 16.2 Å². The quantitative estimate of drug-likeness (QED) is 0.164. The normalized spacial score (nSPS) is 13.3. The summed E-state index contributed by atoms with van der Waals surface area (Å²) in [7, 11) is 0. The Bertz CT molecular complexity index is 1760. The molecule has 246 valence electrons. The fourth-order valence-corrected chi connectivity index (χ4v) is 5.71. The summed E-state index contributed by atoms with van der Waals surface area (Å²) in [6.07, 6.45) is 4.66. The van der Waals surface area contributed by atoms with Crippen molar-refractivity contribution in [3.63, 3.8) is 0 Å². The zero-order valence-corrected chi connectivity index (χ0v) is 27.6. The number of nitrogens with one attached hydrogen (secondary N) is 3. The van der Waals surface area contributed by atoms with E-state index in [1.807, 2.05) is 42.5 Å². The molecule has 1 aliphatic rings. The standard InChI is InChI=1S/C34H37Cl2N7O4/c1-2-43-33(45)30(39-34(46)40-32-27(35)21-37-22-28(32)36)20-29(41-43)26-9-4-8-25(19-26)24-7-3-6-23(18-24)10-11-31(44)38-12-5-13-42-14-16-47-17-15-42/h3-4,6-9,18-22H,2,5,10-17H2,1H3,(H,38,44)(H2,37,39,40,46). The Labute approximate surface area is 283 Å². The fourth-order valence-electron chi connectivity index (χ4n) is 5.25. The van der Waals surface area contributed by atoms with E-state index in [1.54, 1.807) is 13.0 Å². The molecule has 13 heteroatoms. The Morgan fingerprint density at radius 3 is 2.38 bits per heavy atom. The minimum atomic E-state index is -0.691. The molecule has 5 rings (SSSR count). The van der Waals surface area contributed by atoms with Gasteiger partial charge >= 0.3 is 6.03 Å². The molecular weight excluding hydrogens is 641 g/mol. The van der Waals surface area contributed by atoms with Gasteiger partial charge in [-0.1, -0.05) is 65.7 Å². The van der Waals surface area contributed by atoms with E-state index in [4.69, 9.17) is 27.9 Å². The summed E-state index contributed by atoms with van der Waals surface area (Å²) >= 11 is 12.3. The number of hydrogen-bond donors (Lipinski definition) is 3. The van der Waals surface area contributed by atoms with Gasteiger partial charge in [-0.25, -0.2) is 9.48 Å². The molecule has 3 amide bonds. The number of morpholine rings is 1. The monoisotopic (exact) mass is 677 g/mol. The summed E-state index contributed by atoms with van der Waals surface area (Å²) in [4.78, 5) is 44.6. The van der Waals surface area contributed by atoms with E-state index in [2.05, 4.69) is 37.0 Å². The van der Waals surface area contributed by atoms with Gasteiger partial charge in [0.05, 0.1) is 34.6 Å². The maximum absolute atomic E-state index is 13.0. The first-order chi connectivity index (χ1) is 22.8. The van der Waals surface area contributed by atoms with Crippen LogP contribution in [0.5, 0.6) is 0 Å². The van der Waals surface area contributed by atoms with Crippen LogP contribution < -0.4 is 21.5 Å². The minimum Gasteiger partial charge on any atom is -0.379 e. The number of nitrogens with zero attached hydrogens (tertiary/aromatic N) is 4. The number of amides is 3. The molecule has 1 aliphatic heterocycles. The van der Waals surface area contributed by atoms with Crippen LogP contribution in [-0.2, 0) is 22.5 Å². The number of urea groups is 1. The third kappa shape index (κ3) is 9.39. The number of rotatable bonds is 12. The van der Waals surface area contributed by atoms with Crippen molar-refractivity contribution in [2.75, 3.05) is 50.0 Å². The molecule has 1 fully saturated rings. The number of anilines is 2. The average Bonchev–Trinajstić information content (AvgIpc) is 3.09. The molecule has 2 aromatic carbocycles. The summed E-state index contributed by atoms with van der Waals surface area (Å²) in [5, 5.41) is 13.1. The average molecular weight is 679 g/mol. The van der Waals surface area contributed by atoms with Gasteiger partial charge in [-0.3, -0.25) is 19.5 Å². The molecule has 0 bridgehead atoms. The predicted octanol–water partition coefficient (Wildman–Crippen LogP) is 5.71. The SMILES string of the molecule is CCn1nc(-c2cccc(-c3cccc(CCC(=O)NCCCN4CCOCC4)c3)c2)cc(NC(=O)Nc2c(Cl)cncc2Cl)c1=O. The van der Waals surface area contributed by atoms with Crippen molar-refractivity contribution < 1.29 is 14.3 Å². The lowest BCUT2D eigenvalue weighted by atomic mass is 9.98. The summed E-state index contributed by atoms with van der Waals surface area (Å²) in [5.74, 6) is 0.0431. The highest BCUT2D eigenvalue weighted by Gasteiger charge is 2.16. The van der Waals surface area contributed by atoms with Crippen molar-refractivity contribution in [3.8, 4) is 22.4 Å². The first-order valence-electron chi connectivity index (χ1n) is 15.6. The van der Waals surface area contributed by atoms with E-state index >= 15 is 0 Å². The number of hydrogen-bond acceptors (Lipinski definition) is 7. The zero-order valence-electron chi connectivity index (χ0n) is 26.1. The molecule has 2 aromatic heterocycles. The van der Waals surface area contributed by atoms with E-state index in [9.17, 15) is 14.4 Å². The third-order valence-electron chi connectivity index (χ3n) is 7.75. The summed E-state index contributed by atoms with van der Waals surface area (Å²) in [6.45, 7) is 7.18. The number of carbonyl (C=O) groups is 2. The molecule has 0 aliphatic carbocycles. The highest BCUT2D eigenvalue weighted by Crippen LogP contribution is 2.29. The Balaban J connectivity index is 1.24. The second-order valence-electron chi connectivity index (χ2n) is 11.1. The summed E-state index contributed by atoms with van der Waals surface area (Å²) < 4.78 is 6.67. The number of benzene rings is 2. The van der Waals surface area contributed by atoms with Gasteiger partial charge in [0.2, 0.25) is 5.91 Å². The molecule has 4 aromatic rings. The van der Waals surface area contributed by atoms with Crippen molar-refractivity contribution in [3.05, 3.63) is 93.0 Å². The zero-order chi connectivity index (χ0) is 33.2. The highest BCUT2D eigenvalue weighted by atomic mass is 35.5. The van der Waals surface area contributed by atoms with Crippen molar-refractivity contribution in [2.45, 2.75) is 32.7 Å². The smallest absolute Gasteiger partial charge is 0.323 e. The molecule has 1 saturated heterocycles. The van der Waals surface area contributed by atoms with E-state index in [-0.39, 0.29) is 27.3 Å². The summed E-state index contributed by atoms with van der Waals surface area (Å²) in [6, 6.07) is 16.7. The molecule has 0 saturated carbocycles. The van der Waals surface area contributed by atoms with Crippen molar-refractivity contribution in [1.82, 2.24) is 25.0 Å². The lowest BCUT2D eigenvalue weighted by Crippen LogP contribution is -2.38. The molecule has 0 spiro atoms. The number of aromatic nitrogens is 3. The van der Waals surface area contributed by atoms with E-state index in [0.29, 0.717) is 31.6 Å². The molecule has 3 heterocycles. The van der Waals surface area contributed by atoms with Gasteiger partial charge in [0, 0.05) is 50.6 Å². The Morgan fingerprint density at radius 1 is 0.936 bits per heavy atom. The number of carbonyl (C=O) groups excluding carboxylic acids is 2. The van der Waals surface area contributed by atoms with E-state index in [0.717, 1.165) is 61.5 Å². The number of ether oxygens (including phenoxy) is 1. The minimum absolute atomic E-state index is 0.0431. The van der Waals surface area contributed by atoms with Gasteiger partial charge in [-0.2, -0.15) is 5.10 Å². The Kier molecular flexibility index (Phi) is 12.0. The van der Waals surface area contributed by atoms with Crippen LogP contribution in [-0.4, -0.2) is 71.0 Å². The van der Waals surface area contributed by atoms with E-state index in [1.165, 1.54) is 17.1 Å². The van der Waals surface area contributed by atoms with Gasteiger partial charge in [0.25, 0.3) is 5.56 Å². The van der Waals surface area contributed by atoms with Crippen molar-refractivity contribution >= 4 is 46.5 Å². The predicted molar refractivity (Wildman–Crippen MR) is 185 cm³/mol. The van der Waals surface area contributed by atoms with Gasteiger partial charge in [0.1, 0.15) is 5.69 Å². The van der Waals surface area contributed by atoms with Crippen LogP contribution in [0, 0.1) is 0 Å². The maximum Gasteiger partial charge on any atom is 0.323 e. The van der Waals surface area contributed by atoms with Crippen LogP contribution in [0.15, 0.2) is 71.8 Å². The molecule has 0 atom stereocenters. The lowest BCUT2D eigenvalue weighted by Gasteiger charge is -2.26. The first kappa shape index (κ1) is 34.1. The topological polar surface area (TPSA) is 130 Å². The van der Waals surface area contributed by atoms with E-state index < -0.39 is 11.6 Å². The molecular formula is C34H37Cl2N7O4. The van der Waals surface area contributed by atoms with Crippen molar-refractivity contribution in [2.24, 2.45) is 0 Å². The number of aryl methyl sites for hydroxylation is 2. The largest absolute Gasteiger partial charge is 0.379 e. The third-order valence-corrected chi connectivity index (χ3v) is 8.32. The van der Waals surface area contributed by atoms with Crippen LogP contribution in [0.25, 0.3) is 22.4 Å². The number of pyridine rings is 1. The lowest BCUT2D eigenvalue weighted by molar-refractivity contribution is -0.121. The highest BCUT2D eigenvalue weighted by molar-refractivity contribution is 6.39. The number of halogens is 2. The maximum atomic E-state index is 13.0. The second kappa shape index (κ2) is 16.5. The summed E-state index contributed by atoms with van der Waals surface area (Å²) in [5.41, 5.74) is 4.03. The Morgan fingerprint density at radius 2 is 1.64 bits per heavy atom. The molecule has 0 radical (unpaired) electrons. The van der Waals surface area contributed by atoms with Gasteiger partial charge < -0.3 is 20.7 Å². The van der Waals surface area contributed by atoms with Crippen LogP contribution in [0.1, 0.15) is 25.3 Å². The molecule has 3 N–H and O–H groups in total. The molecule has 11 nitrogen and oxygen atoms in total. The van der Waals surface area contributed by atoms with Gasteiger partial charge in [-0.05, 0) is 55.1 Å². The Hall–Kier alpha value is -4.29. The molecule has 47 heavy (non-hydrogen) atoms. The van der Waals surface area contributed by atoms with Crippen LogP contribution >= 0.6 is 23.2 Å². The van der Waals surface area contributed by atoms with Gasteiger partial charge in [0.15, 0.2) is 0 Å². The molecule has 0 unspecified atom stereocenters. The van der Waals surface area contributed by atoms with Gasteiger partial charge in [-0.15, -0.1) is 0 Å². The fraction of sp³-hybridized carbons (Fsp3) is 0.324. The second-order valence-corrected chi connectivity index (χ2v) is 11.9. The van der Waals surface area contributed by atoms with Crippen LogP contribution in [0.3, 0.4) is 0 Å².